The molecule has 2 aromatic carbocycles. The Balaban J connectivity index is 2.08. The van der Waals surface area contributed by atoms with Gasteiger partial charge < -0.3 is 5.11 Å². The van der Waals surface area contributed by atoms with E-state index in [1.165, 1.54) is 0 Å². The van der Waals surface area contributed by atoms with Crippen LogP contribution in [0.15, 0.2) is 51.8 Å². The zero-order valence-electron chi connectivity index (χ0n) is 10.4. The number of rotatable bonds is 4. The lowest BCUT2D eigenvalue weighted by Gasteiger charge is -2.10. The van der Waals surface area contributed by atoms with Gasteiger partial charge in [0.15, 0.2) is 0 Å². The standard InChI is InChI=1S/C15H14BrClOS/c1-10(18)13-7-6-12(8-14(13)16)19-9-11-4-2-3-5-15(11)17/h2-8,10,18H,9H2,1H3/t10-/m1/s1. The predicted octanol–water partition coefficient (Wildman–Crippen LogP) is 5.45. The minimum atomic E-state index is -0.461. The Hall–Kier alpha value is -0.480. The van der Waals surface area contributed by atoms with E-state index in [-0.39, 0.29) is 0 Å². The molecule has 1 N–H and O–H groups in total. The summed E-state index contributed by atoms with van der Waals surface area (Å²) in [6.45, 7) is 1.76. The van der Waals surface area contributed by atoms with Crippen LogP contribution in [0.2, 0.25) is 5.02 Å². The number of hydrogen-bond acceptors (Lipinski definition) is 2. The SMILES string of the molecule is C[C@@H](O)c1ccc(SCc2ccccc2Cl)cc1Br. The minimum absolute atomic E-state index is 0.461. The average Bonchev–Trinajstić information content (AvgIpc) is 2.37. The van der Waals surface area contributed by atoms with Crippen molar-refractivity contribution in [2.24, 2.45) is 0 Å². The van der Waals surface area contributed by atoms with Crippen LogP contribution in [0.4, 0.5) is 0 Å². The maximum absolute atomic E-state index is 9.59. The quantitative estimate of drug-likeness (QED) is 0.734. The molecular weight excluding hydrogens is 344 g/mol. The maximum Gasteiger partial charge on any atom is 0.0772 e. The van der Waals surface area contributed by atoms with E-state index in [4.69, 9.17) is 11.6 Å². The molecule has 0 radical (unpaired) electrons. The van der Waals surface area contributed by atoms with Crippen LogP contribution >= 0.6 is 39.3 Å². The molecule has 19 heavy (non-hydrogen) atoms. The van der Waals surface area contributed by atoms with E-state index < -0.39 is 6.10 Å². The van der Waals surface area contributed by atoms with Gasteiger partial charge in [-0.15, -0.1) is 11.8 Å². The van der Waals surface area contributed by atoms with Gasteiger partial charge in [0.2, 0.25) is 0 Å². The van der Waals surface area contributed by atoms with E-state index in [2.05, 4.69) is 15.9 Å². The Labute approximate surface area is 131 Å². The van der Waals surface area contributed by atoms with Crippen molar-refractivity contribution in [3.05, 3.63) is 63.1 Å². The zero-order chi connectivity index (χ0) is 13.8. The zero-order valence-corrected chi connectivity index (χ0v) is 13.6. The van der Waals surface area contributed by atoms with E-state index in [0.717, 1.165) is 31.3 Å². The van der Waals surface area contributed by atoms with Crippen LogP contribution in [0.3, 0.4) is 0 Å². The Morgan fingerprint density at radius 2 is 2.00 bits per heavy atom. The largest absolute Gasteiger partial charge is 0.389 e. The average molecular weight is 358 g/mol. The van der Waals surface area contributed by atoms with Crippen molar-refractivity contribution in [3.63, 3.8) is 0 Å². The lowest BCUT2D eigenvalue weighted by atomic mass is 10.1. The van der Waals surface area contributed by atoms with Crippen LogP contribution in [0.1, 0.15) is 24.2 Å². The fourth-order valence-electron chi connectivity index (χ4n) is 1.71. The van der Waals surface area contributed by atoms with Gasteiger partial charge in [-0.3, -0.25) is 0 Å². The van der Waals surface area contributed by atoms with Crippen molar-refractivity contribution in [1.82, 2.24) is 0 Å². The highest BCUT2D eigenvalue weighted by Gasteiger charge is 2.07. The second-order valence-corrected chi connectivity index (χ2v) is 6.55. The monoisotopic (exact) mass is 356 g/mol. The fourth-order valence-corrected chi connectivity index (χ4v) is 3.80. The lowest BCUT2D eigenvalue weighted by molar-refractivity contribution is 0.198. The van der Waals surface area contributed by atoms with Crippen molar-refractivity contribution in [2.75, 3.05) is 0 Å². The van der Waals surface area contributed by atoms with E-state index in [1.54, 1.807) is 18.7 Å². The Morgan fingerprint density at radius 3 is 2.63 bits per heavy atom. The number of aliphatic hydroxyl groups is 1. The molecule has 2 aromatic rings. The first-order valence-electron chi connectivity index (χ1n) is 5.91. The number of aliphatic hydroxyl groups excluding tert-OH is 1. The van der Waals surface area contributed by atoms with Gasteiger partial charge in [0.25, 0.3) is 0 Å². The van der Waals surface area contributed by atoms with E-state index in [0.29, 0.717) is 0 Å². The third kappa shape index (κ3) is 3.99. The second kappa shape index (κ2) is 6.80. The van der Waals surface area contributed by atoms with Gasteiger partial charge in [0.1, 0.15) is 0 Å². The third-order valence-electron chi connectivity index (χ3n) is 2.77. The highest BCUT2D eigenvalue weighted by atomic mass is 79.9. The molecule has 0 fully saturated rings. The van der Waals surface area contributed by atoms with Crippen LogP contribution in [-0.4, -0.2) is 5.11 Å². The van der Waals surface area contributed by atoms with Gasteiger partial charge in [-0.05, 0) is 36.2 Å². The van der Waals surface area contributed by atoms with Gasteiger partial charge in [-0.2, -0.15) is 0 Å². The molecule has 0 aromatic heterocycles. The second-order valence-electron chi connectivity index (χ2n) is 4.24. The molecule has 1 atom stereocenters. The fraction of sp³-hybridized carbons (Fsp3) is 0.200. The Kier molecular flexibility index (Phi) is 5.34. The van der Waals surface area contributed by atoms with Gasteiger partial charge in [-0.1, -0.05) is 51.8 Å². The first-order chi connectivity index (χ1) is 9.08. The number of hydrogen-bond donors (Lipinski definition) is 1. The molecule has 0 aliphatic heterocycles. The molecule has 0 aliphatic rings. The van der Waals surface area contributed by atoms with Gasteiger partial charge in [0, 0.05) is 20.1 Å². The lowest BCUT2D eigenvalue weighted by Crippen LogP contribution is -1.92. The smallest absolute Gasteiger partial charge is 0.0772 e. The summed E-state index contributed by atoms with van der Waals surface area (Å²) in [5.41, 5.74) is 2.03. The number of benzene rings is 2. The highest BCUT2D eigenvalue weighted by molar-refractivity contribution is 9.10. The molecule has 4 heteroatoms. The van der Waals surface area contributed by atoms with E-state index in [1.807, 2.05) is 42.5 Å². The third-order valence-corrected chi connectivity index (χ3v) is 4.87. The molecule has 0 bridgehead atoms. The molecule has 0 amide bonds. The first-order valence-corrected chi connectivity index (χ1v) is 8.07. The maximum atomic E-state index is 9.59. The number of thioether (sulfide) groups is 1. The molecule has 0 saturated carbocycles. The molecule has 1 nitrogen and oxygen atoms in total. The highest BCUT2D eigenvalue weighted by Crippen LogP contribution is 2.31. The van der Waals surface area contributed by atoms with E-state index in [9.17, 15) is 5.11 Å². The van der Waals surface area contributed by atoms with Crippen molar-refractivity contribution in [2.45, 2.75) is 23.7 Å². The molecular formula is C15H14BrClOS. The minimum Gasteiger partial charge on any atom is -0.389 e. The summed E-state index contributed by atoms with van der Waals surface area (Å²) < 4.78 is 0.937. The molecule has 100 valence electrons. The summed E-state index contributed by atoms with van der Waals surface area (Å²) in [6.07, 6.45) is -0.461. The topological polar surface area (TPSA) is 20.2 Å². The van der Waals surface area contributed by atoms with Crippen LogP contribution in [0, 0.1) is 0 Å². The molecule has 0 spiro atoms. The predicted molar refractivity (Wildman–Crippen MR) is 85.8 cm³/mol. The summed E-state index contributed by atoms with van der Waals surface area (Å²) in [6, 6.07) is 13.9. The van der Waals surface area contributed by atoms with Crippen molar-refractivity contribution < 1.29 is 5.11 Å². The van der Waals surface area contributed by atoms with Crippen LogP contribution in [0.25, 0.3) is 0 Å². The van der Waals surface area contributed by atoms with Gasteiger partial charge in [0.05, 0.1) is 6.10 Å². The van der Waals surface area contributed by atoms with Crippen LogP contribution in [0.5, 0.6) is 0 Å². The molecule has 0 saturated heterocycles. The van der Waals surface area contributed by atoms with Crippen LogP contribution in [-0.2, 0) is 5.75 Å². The Bertz CT molecular complexity index is 572. The molecule has 0 heterocycles. The first kappa shape index (κ1) is 14.9. The summed E-state index contributed by atoms with van der Waals surface area (Å²) in [5, 5.41) is 10.4. The van der Waals surface area contributed by atoms with Crippen molar-refractivity contribution >= 4 is 39.3 Å². The summed E-state index contributed by atoms with van der Waals surface area (Å²) >= 11 is 11.3. The molecule has 0 aliphatic carbocycles. The van der Waals surface area contributed by atoms with Crippen LogP contribution < -0.4 is 0 Å². The van der Waals surface area contributed by atoms with Gasteiger partial charge >= 0.3 is 0 Å². The van der Waals surface area contributed by atoms with Crippen molar-refractivity contribution in [3.8, 4) is 0 Å². The summed E-state index contributed by atoms with van der Waals surface area (Å²) in [4.78, 5) is 1.15. The normalized spacial score (nSPS) is 12.4. The molecule has 2 rings (SSSR count). The molecule has 0 unspecified atom stereocenters. The van der Waals surface area contributed by atoms with E-state index >= 15 is 0 Å². The summed E-state index contributed by atoms with van der Waals surface area (Å²) in [5.74, 6) is 0.833. The van der Waals surface area contributed by atoms with Gasteiger partial charge in [-0.25, -0.2) is 0 Å². The Morgan fingerprint density at radius 1 is 1.26 bits per heavy atom. The summed E-state index contributed by atoms with van der Waals surface area (Å²) in [7, 11) is 0. The number of halogens is 2. The van der Waals surface area contributed by atoms with Crippen molar-refractivity contribution in [1.29, 1.82) is 0 Å².